The summed E-state index contributed by atoms with van der Waals surface area (Å²) in [6, 6.07) is 8.28. The molecule has 128 valence electrons. The molecule has 3 rings (SSSR count). The zero-order valence-electron chi connectivity index (χ0n) is 13.7. The van der Waals surface area contributed by atoms with Crippen molar-refractivity contribution >= 4 is 6.03 Å². The molecule has 0 fully saturated rings. The number of rotatable bonds is 5. The van der Waals surface area contributed by atoms with Crippen molar-refractivity contribution in [1.82, 2.24) is 25.7 Å². The summed E-state index contributed by atoms with van der Waals surface area (Å²) in [6.07, 6.45) is 3.46. The maximum absolute atomic E-state index is 11.9. The molecule has 2 amide bonds. The molecule has 2 atom stereocenters. The van der Waals surface area contributed by atoms with Crippen LogP contribution in [0.2, 0.25) is 0 Å². The van der Waals surface area contributed by atoms with Crippen molar-refractivity contribution in [2.24, 2.45) is 7.05 Å². The number of urea groups is 1. The summed E-state index contributed by atoms with van der Waals surface area (Å²) in [5.74, 6) is 0. The van der Waals surface area contributed by atoms with Crippen LogP contribution >= 0.6 is 0 Å². The number of fused-ring (bicyclic) bond motifs is 1. The Labute approximate surface area is 141 Å². The maximum atomic E-state index is 11.9. The highest BCUT2D eigenvalue weighted by molar-refractivity contribution is 5.73. The van der Waals surface area contributed by atoms with Crippen molar-refractivity contribution in [1.29, 1.82) is 0 Å². The van der Waals surface area contributed by atoms with E-state index < -0.39 is 6.10 Å². The van der Waals surface area contributed by atoms with E-state index in [0.717, 1.165) is 13.0 Å². The number of nitrogens with one attached hydrogen (secondary N) is 3. The number of nitrogens with zero attached hydrogens (tertiary/aromatic N) is 2. The number of hydrogen-bond donors (Lipinski definition) is 4. The third kappa shape index (κ3) is 4.12. The van der Waals surface area contributed by atoms with Crippen molar-refractivity contribution in [3.63, 3.8) is 0 Å². The first-order valence-corrected chi connectivity index (χ1v) is 8.10. The van der Waals surface area contributed by atoms with Crippen LogP contribution in [0.4, 0.5) is 4.79 Å². The summed E-state index contributed by atoms with van der Waals surface area (Å²) in [6.45, 7) is 1.52. The second-order valence-electron chi connectivity index (χ2n) is 6.10. The van der Waals surface area contributed by atoms with Crippen LogP contribution in [0, 0.1) is 0 Å². The van der Waals surface area contributed by atoms with Gasteiger partial charge >= 0.3 is 6.03 Å². The lowest BCUT2D eigenvalue weighted by Gasteiger charge is -2.26. The molecule has 7 nitrogen and oxygen atoms in total. The molecule has 0 saturated carbocycles. The Morgan fingerprint density at radius 1 is 1.42 bits per heavy atom. The Hall–Kier alpha value is -2.38. The molecule has 0 spiro atoms. The van der Waals surface area contributed by atoms with Gasteiger partial charge in [0.2, 0.25) is 0 Å². The lowest BCUT2D eigenvalue weighted by molar-refractivity contribution is 0.173. The van der Waals surface area contributed by atoms with Gasteiger partial charge in [0, 0.05) is 44.5 Å². The number of carbonyl (C=O) groups is 1. The molecule has 7 heteroatoms. The summed E-state index contributed by atoms with van der Waals surface area (Å²) in [4.78, 5) is 11.9. The normalized spacial score (nSPS) is 17.8. The average Bonchev–Trinajstić information content (AvgIpc) is 3.04. The van der Waals surface area contributed by atoms with Crippen LogP contribution in [0.1, 0.15) is 22.8 Å². The third-order valence-corrected chi connectivity index (χ3v) is 4.24. The summed E-state index contributed by atoms with van der Waals surface area (Å²) in [7, 11) is 1.78. The average molecular weight is 329 g/mol. The summed E-state index contributed by atoms with van der Waals surface area (Å²) >= 11 is 0. The van der Waals surface area contributed by atoms with Crippen LogP contribution in [0.3, 0.4) is 0 Å². The number of amides is 2. The fourth-order valence-electron chi connectivity index (χ4n) is 2.86. The molecule has 1 aromatic heterocycles. The highest BCUT2D eigenvalue weighted by Gasteiger charge is 2.18. The van der Waals surface area contributed by atoms with E-state index >= 15 is 0 Å². The minimum Gasteiger partial charge on any atom is -0.386 e. The van der Waals surface area contributed by atoms with Crippen molar-refractivity contribution in [3.05, 3.63) is 53.3 Å². The van der Waals surface area contributed by atoms with Gasteiger partial charge in [-0.15, -0.1) is 0 Å². The molecular weight excluding hydrogens is 306 g/mol. The standard InChI is InChI=1S/C17H23N5O2/c1-22-11-14(8-21-22)16(23)10-20-17(24)19-9-15-6-12-4-2-3-5-13(12)7-18-15/h2-5,8,11,15-16,18,23H,6-7,9-10H2,1H3,(H2,19,20,24). The molecule has 24 heavy (non-hydrogen) atoms. The Balaban J connectivity index is 1.40. The van der Waals surface area contributed by atoms with Crippen LogP contribution in [-0.4, -0.2) is 40.0 Å². The molecule has 2 aromatic rings. The quantitative estimate of drug-likeness (QED) is 0.642. The van der Waals surface area contributed by atoms with Gasteiger partial charge in [-0.25, -0.2) is 4.79 Å². The first kappa shape index (κ1) is 16.5. The van der Waals surface area contributed by atoms with Gasteiger partial charge in [0.05, 0.1) is 12.3 Å². The zero-order chi connectivity index (χ0) is 16.9. The van der Waals surface area contributed by atoms with E-state index in [-0.39, 0.29) is 18.6 Å². The Morgan fingerprint density at radius 3 is 2.96 bits per heavy atom. The fraction of sp³-hybridized carbons (Fsp3) is 0.412. The molecule has 1 aromatic carbocycles. The lowest BCUT2D eigenvalue weighted by atomic mass is 9.96. The van der Waals surface area contributed by atoms with Gasteiger partial charge in [-0.3, -0.25) is 4.68 Å². The fourth-order valence-corrected chi connectivity index (χ4v) is 2.86. The molecule has 0 radical (unpaired) electrons. The molecule has 1 aliphatic heterocycles. The van der Waals surface area contributed by atoms with Gasteiger partial charge in [0.1, 0.15) is 0 Å². The second kappa shape index (κ2) is 7.46. The second-order valence-corrected chi connectivity index (χ2v) is 6.10. The predicted molar refractivity (Wildman–Crippen MR) is 90.3 cm³/mol. The van der Waals surface area contributed by atoms with Gasteiger partial charge in [0.25, 0.3) is 0 Å². The van der Waals surface area contributed by atoms with Gasteiger partial charge in [-0.1, -0.05) is 24.3 Å². The minimum atomic E-state index is -0.760. The van der Waals surface area contributed by atoms with Gasteiger partial charge in [-0.2, -0.15) is 5.10 Å². The monoisotopic (exact) mass is 329 g/mol. The Kier molecular flexibility index (Phi) is 5.12. The number of hydrogen-bond acceptors (Lipinski definition) is 4. The van der Waals surface area contributed by atoms with Gasteiger partial charge in [0.15, 0.2) is 0 Å². The zero-order valence-corrected chi connectivity index (χ0v) is 13.7. The predicted octanol–water partition coefficient (Wildman–Crippen LogP) is 0.467. The molecule has 1 aliphatic rings. The van der Waals surface area contributed by atoms with E-state index in [9.17, 15) is 9.90 Å². The van der Waals surface area contributed by atoms with E-state index in [0.29, 0.717) is 12.1 Å². The van der Waals surface area contributed by atoms with Crippen LogP contribution < -0.4 is 16.0 Å². The third-order valence-electron chi connectivity index (χ3n) is 4.24. The highest BCUT2D eigenvalue weighted by Crippen LogP contribution is 2.15. The largest absolute Gasteiger partial charge is 0.386 e. The molecule has 2 heterocycles. The Bertz CT molecular complexity index is 700. The van der Waals surface area contributed by atoms with E-state index in [2.05, 4.69) is 33.2 Å². The SMILES string of the molecule is Cn1cc(C(O)CNC(=O)NCC2Cc3ccccc3CN2)cn1. The smallest absolute Gasteiger partial charge is 0.314 e. The summed E-state index contributed by atoms with van der Waals surface area (Å²) in [5, 5.41) is 23.0. The van der Waals surface area contributed by atoms with E-state index in [1.165, 1.54) is 11.1 Å². The van der Waals surface area contributed by atoms with Crippen LogP contribution in [0.25, 0.3) is 0 Å². The molecule has 0 bridgehead atoms. The molecule has 0 saturated heterocycles. The number of aryl methyl sites for hydroxylation is 1. The molecule has 0 aliphatic carbocycles. The summed E-state index contributed by atoms with van der Waals surface area (Å²) < 4.78 is 1.62. The van der Waals surface area contributed by atoms with E-state index in [4.69, 9.17) is 0 Å². The van der Waals surface area contributed by atoms with Crippen LogP contribution in [0.5, 0.6) is 0 Å². The first-order chi connectivity index (χ1) is 11.6. The van der Waals surface area contributed by atoms with Gasteiger partial charge in [-0.05, 0) is 17.5 Å². The van der Waals surface area contributed by atoms with E-state index in [1.54, 1.807) is 24.1 Å². The van der Waals surface area contributed by atoms with Crippen molar-refractivity contribution in [2.75, 3.05) is 13.1 Å². The number of carbonyl (C=O) groups excluding carboxylic acids is 1. The number of aromatic nitrogens is 2. The maximum Gasteiger partial charge on any atom is 0.314 e. The number of benzene rings is 1. The van der Waals surface area contributed by atoms with Crippen molar-refractivity contribution in [2.45, 2.75) is 25.1 Å². The van der Waals surface area contributed by atoms with Crippen LogP contribution in [-0.2, 0) is 20.0 Å². The van der Waals surface area contributed by atoms with E-state index in [1.807, 2.05) is 12.1 Å². The van der Waals surface area contributed by atoms with Crippen molar-refractivity contribution < 1.29 is 9.90 Å². The number of aliphatic hydroxyl groups excluding tert-OH is 1. The molecular formula is C17H23N5O2. The minimum absolute atomic E-state index is 0.151. The highest BCUT2D eigenvalue weighted by atomic mass is 16.3. The number of aliphatic hydroxyl groups is 1. The Morgan fingerprint density at radius 2 is 2.21 bits per heavy atom. The topological polar surface area (TPSA) is 91.2 Å². The van der Waals surface area contributed by atoms with Gasteiger partial charge < -0.3 is 21.1 Å². The molecule has 4 N–H and O–H groups in total. The molecule has 2 unspecified atom stereocenters. The van der Waals surface area contributed by atoms with Crippen molar-refractivity contribution in [3.8, 4) is 0 Å². The summed E-state index contributed by atoms with van der Waals surface area (Å²) in [5.41, 5.74) is 3.33. The van der Waals surface area contributed by atoms with Crippen LogP contribution in [0.15, 0.2) is 36.7 Å². The lowest BCUT2D eigenvalue weighted by Crippen LogP contribution is -2.47. The first-order valence-electron chi connectivity index (χ1n) is 8.10.